The predicted molar refractivity (Wildman–Crippen MR) is 87.0 cm³/mol. The highest BCUT2D eigenvalue weighted by atomic mass is 16.7. The molecular weight excluding hydrogens is 294 g/mol. The van der Waals surface area contributed by atoms with Gasteiger partial charge in [-0.2, -0.15) is 0 Å². The summed E-state index contributed by atoms with van der Waals surface area (Å²) in [5, 5.41) is 2.77. The minimum Gasteiger partial charge on any atom is -0.419 e. The van der Waals surface area contributed by atoms with Gasteiger partial charge < -0.3 is 14.8 Å². The van der Waals surface area contributed by atoms with Crippen LogP contribution >= 0.6 is 0 Å². The normalized spacial score (nSPS) is 15.7. The lowest BCUT2D eigenvalue weighted by Crippen LogP contribution is -2.39. The molecule has 2 rings (SSSR count). The van der Waals surface area contributed by atoms with E-state index in [9.17, 15) is 9.59 Å². The van der Waals surface area contributed by atoms with Crippen molar-refractivity contribution in [2.24, 2.45) is 5.92 Å². The van der Waals surface area contributed by atoms with Crippen LogP contribution in [0.2, 0.25) is 0 Å². The molecular formula is C18H25NO4. The molecule has 1 aliphatic carbocycles. The Bertz CT molecular complexity index is 521. The number of benzene rings is 1. The molecule has 0 spiro atoms. The van der Waals surface area contributed by atoms with E-state index in [-0.39, 0.29) is 0 Å². The number of nitrogens with one attached hydrogen (secondary N) is 1. The maximum Gasteiger partial charge on any atom is 0.410 e. The van der Waals surface area contributed by atoms with E-state index in [0.717, 1.165) is 12.8 Å². The average molecular weight is 319 g/mol. The Balaban J connectivity index is 1.77. The van der Waals surface area contributed by atoms with Gasteiger partial charge >= 0.3 is 12.1 Å². The summed E-state index contributed by atoms with van der Waals surface area (Å²) in [6.07, 6.45) is 5.47. The summed E-state index contributed by atoms with van der Waals surface area (Å²) in [5.41, 5.74) is 0.423. The van der Waals surface area contributed by atoms with Crippen LogP contribution in [0.25, 0.3) is 0 Å². The molecule has 5 heteroatoms. The smallest absolute Gasteiger partial charge is 0.410 e. The lowest BCUT2D eigenvalue weighted by Gasteiger charge is -2.26. The number of hydrogen-bond acceptors (Lipinski definition) is 4. The van der Waals surface area contributed by atoms with E-state index in [1.807, 2.05) is 6.07 Å². The highest BCUT2D eigenvalue weighted by Gasteiger charge is 2.28. The van der Waals surface area contributed by atoms with E-state index in [1.54, 1.807) is 38.1 Å². The first kappa shape index (κ1) is 17.3. The Morgan fingerprint density at radius 2 is 1.74 bits per heavy atom. The van der Waals surface area contributed by atoms with Gasteiger partial charge in [0.25, 0.3) is 5.79 Å². The molecule has 0 radical (unpaired) electrons. The van der Waals surface area contributed by atoms with Gasteiger partial charge in [-0.1, -0.05) is 37.5 Å². The molecule has 1 fully saturated rings. The van der Waals surface area contributed by atoms with Gasteiger partial charge in [0, 0.05) is 20.4 Å². The fraction of sp³-hybridized carbons (Fsp3) is 0.556. The third-order valence-corrected chi connectivity index (χ3v) is 3.95. The summed E-state index contributed by atoms with van der Waals surface area (Å²) in [5.74, 6) is -1.31. The molecule has 0 bridgehead atoms. The molecule has 0 aliphatic heterocycles. The van der Waals surface area contributed by atoms with Crippen LogP contribution in [-0.4, -0.2) is 24.4 Å². The van der Waals surface area contributed by atoms with Crippen molar-refractivity contribution < 1.29 is 19.1 Å². The summed E-state index contributed by atoms with van der Waals surface area (Å²) < 4.78 is 10.5. The molecule has 5 nitrogen and oxygen atoms in total. The predicted octanol–water partition coefficient (Wildman–Crippen LogP) is 3.89. The number of rotatable bonds is 5. The van der Waals surface area contributed by atoms with Crippen LogP contribution in [0.3, 0.4) is 0 Å². The molecule has 0 unspecified atom stereocenters. The number of alkyl carbamates (subject to hydrolysis) is 1. The zero-order valence-corrected chi connectivity index (χ0v) is 13.8. The quantitative estimate of drug-likeness (QED) is 0.660. The molecule has 1 aromatic carbocycles. The fourth-order valence-electron chi connectivity index (χ4n) is 2.76. The Morgan fingerprint density at radius 3 is 2.39 bits per heavy atom. The van der Waals surface area contributed by atoms with Gasteiger partial charge in [-0.3, -0.25) is 0 Å². The summed E-state index contributed by atoms with van der Waals surface area (Å²) in [6, 6.07) is 8.63. The van der Waals surface area contributed by atoms with Crippen LogP contribution in [-0.2, 0) is 9.47 Å². The lowest BCUT2D eigenvalue weighted by molar-refractivity contribution is -0.139. The van der Waals surface area contributed by atoms with Gasteiger partial charge in [-0.15, -0.1) is 0 Å². The summed E-state index contributed by atoms with van der Waals surface area (Å²) in [6.45, 7) is 3.71. The number of hydrogen-bond donors (Lipinski definition) is 1. The first-order chi connectivity index (χ1) is 11.0. The Labute approximate surface area is 137 Å². The first-order valence-electron chi connectivity index (χ1n) is 8.21. The molecule has 0 heterocycles. The molecule has 1 amide bonds. The summed E-state index contributed by atoms with van der Waals surface area (Å²) in [4.78, 5) is 23.9. The van der Waals surface area contributed by atoms with Crippen molar-refractivity contribution in [3.63, 3.8) is 0 Å². The molecule has 126 valence electrons. The first-order valence-corrected chi connectivity index (χ1v) is 8.21. The van der Waals surface area contributed by atoms with Gasteiger partial charge in [0.15, 0.2) is 0 Å². The molecule has 23 heavy (non-hydrogen) atoms. The van der Waals surface area contributed by atoms with Crippen molar-refractivity contribution in [2.75, 3.05) is 6.54 Å². The number of carbonyl (C=O) groups is 2. The second kappa shape index (κ2) is 7.99. The monoisotopic (exact) mass is 319 g/mol. The van der Waals surface area contributed by atoms with Crippen molar-refractivity contribution in [1.29, 1.82) is 0 Å². The minimum atomic E-state index is -1.32. The fourth-order valence-corrected chi connectivity index (χ4v) is 2.76. The van der Waals surface area contributed by atoms with Crippen LogP contribution < -0.4 is 5.32 Å². The van der Waals surface area contributed by atoms with Gasteiger partial charge in [0.2, 0.25) is 0 Å². The van der Waals surface area contributed by atoms with Crippen molar-refractivity contribution in [3.05, 3.63) is 35.9 Å². The average Bonchev–Trinajstić information content (AvgIpc) is 2.54. The minimum absolute atomic E-state index is 0.423. The highest BCUT2D eigenvalue weighted by Crippen LogP contribution is 2.23. The third-order valence-electron chi connectivity index (χ3n) is 3.95. The van der Waals surface area contributed by atoms with E-state index >= 15 is 0 Å². The van der Waals surface area contributed by atoms with Crippen molar-refractivity contribution in [3.8, 4) is 0 Å². The van der Waals surface area contributed by atoms with Crippen molar-refractivity contribution in [1.82, 2.24) is 5.32 Å². The second-order valence-electron chi connectivity index (χ2n) is 6.43. The highest BCUT2D eigenvalue weighted by molar-refractivity contribution is 5.89. The van der Waals surface area contributed by atoms with E-state index in [1.165, 1.54) is 19.3 Å². The largest absolute Gasteiger partial charge is 0.419 e. The van der Waals surface area contributed by atoms with Gasteiger partial charge in [0.05, 0.1) is 5.56 Å². The standard InChI is InChI=1S/C18H25NO4/c1-18(2,22-16(20)15-11-7-4-8-12-15)23-17(21)19-13-14-9-5-3-6-10-14/h4,7-8,11-12,14H,3,5-6,9-10,13H2,1-2H3,(H,19,21). The summed E-state index contributed by atoms with van der Waals surface area (Å²) >= 11 is 0. The topological polar surface area (TPSA) is 64.6 Å². The molecule has 1 aromatic rings. The van der Waals surface area contributed by atoms with Gasteiger partial charge in [-0.05, 0) is 30.9 Å². The number of ether oxygens (including phenoxy) is 2. The van der Waals surface area contributed by atoms with Crippen LogP contribution in [0.4, 0.5) is 4.79 Å². The van der Waals surface area contributed by atoms with Crippen LogP contribution in [0.15, 0.2) is 30.3 Å². The van der Waals surface area contributed by atoms with Gasteiger partial charge in [0.1, 0.15) is 0 Å². The number of carbonyl (C=O) groups excluding carboxylic acids is 2. The van der Waals surface area contributed by atoms with Crippen molar-refractivity contribution >= 4 is 12.1 Å². The Hall–Kier alpha value is -2.04. The lowest BCUT2D eigenvalue weighted by atomic mass is 9.89. The SMILES string of the molecule is CC(C)(OC(=O)NCC1CCCCC1)OC(=O)c1ccccc1. The Kier molecular flexibility index (Phi) is 6.02. The van der Waals surface area contributed by atoms with Crippen LogP contribution in [0.1, 0.15) is 56.3 Å². The van der Waals surface area contributed by atoms with E-state index in [0.29, 0.717) is 18.0 Å². The molecule has 1 saturated carbocycles. The molecule has 1 N–H and O–H groups in total. The maximum absolute atomic E-state index is 12.0. The zero-order valence-electron chi connectivity index (χ0n) is 13.8. The molecule has 0 aromatic heterocycles. The zero-order chi connectivity index (χ0) is 16.7. The third kappa shape index (κ3) is 5.93. The molecule has 1 aliphatic rings. The maximum atomic E-state index is 12.0. The molecule has 0 atom stereocenters. The van der Waals surface area contributed by atoms with Crippen LogP contribution in [0.5, 0.6) is 0 Å². The number of esters is 1. The van der Waals surface area contributed by atoms with Gasteiger partial charge in [-0.25, -0.2) is 9.59 Å². The summed E-state index contributed by atoms with van der Waals surface area (Å²) in [7, 11) is 0. The van der Waals surface area contributed by atoms with E-state index in [4.69, 9.17) is 9.47 Å². The van der Waals surface area contributed by atoms with Crippen molar-refractivity contribution in [2.45, 2.75) is 51.7 Å². The number of amides is 1. The van der Waals surface area contributed by atoms with E-state index < -0.39 is 17.8 Å². The molecule has 0 saturated heterocycles. The van der Waals surface area contributed by atoms with E-state index in [2.05, 4.69) is 5.32 Å². The van der Waals surface area contributed by atoms with Crippen LogP contribution in [0, 0.1) is 5.92 Å². The Morgan fingerprint density at radius 1 is 1.09 bits per heavy atom. The second-order valence-corrected chi connectivity index (χ2v) is 6.43.